The van der Waals surface area contributed by atoms with Gasteiger partial charge in [0.2, 0.25) is 0 Å². The van der Waals surface area contributed by atoms with Gasteiger partial charge in [-0.15, -0.1) is 4.91 Å². The SMILES string of the molecule is CCOC(=O)N(CCCC(=O)c1cccnc1)N=O. The summed E-state index contributed by atoms with van der Waals surface area (Å²) in [7, 11) is 0. The second-order valence-electron chi connectivity index (χ2n) is 3.67. The quantitative estimate of drug-likeness (QED) is 0.428. The first-order chi connectivity index (χ1) is 9.19. The van der Waals surface area contributed by atoms with Crippen LogP contribution in [-0.2, 0) is 4.74 Å². The van der Waals surface area contributed by atoms with Crippen LogP contribution in [-0.4, -0.2) is 35.0 Å². The maximum absolute atomic E-state index is 11.7. The maximum atomic E-state index is 11.7. The van der Waals surface area contributed by atoms with Crippen molar-refractivity contribution in [1.82, 2.24) is 9.99 Å². The van der Waals surface area contributed by atoms with Crippen LogP contribution in [0, 0.1) is 4.91 Å². The van der Waals surface area contributed by atoms with E-state index in [0.717, 1.165) is 0 Å². The highest BCUT2D eigenvalue weighted by atomic mass is 16.6. The minimum Gasteiger partial charge on any atom is -0.448 e. The molecule has 1 aromatic rings. The highest BCUT2D eigenvalue weighted by molar-refractivity contribution is 5.95. The van der Waals surface area contributed by atoms with Crippen LogP contribution in [0.5, 0.6) is 0 Å². The zero-order valence-electron chi connectivity index (χ0n) is 10.6. The predicted molar refractivity (Wildman–Crippen MR) is 67.3 cm³/mol. The summed E-state index contributed by atoms with van der Waals surface area (Å²) in [6, 6.07) is 3.33. The van der Waals surface area contributed by atoms with Gasteiger partial charge in [-0.3, -0.25) is 9.78 Å². The van der Waals surface area contributed by atoms with Crippen molar-refractivity contribution in [2.24, 2.45) is 5.29 Å². The second kappa shape index (κ2) is 7.91. The molecule has 7 heteroatoms. The summed E-state index contributed by atoms with van der Waals surface area (Å²) in [5, 5.41) is 3.23. The zero-order chi connectivity index (χ0) is 14.1. The van der Waals surface area contributed by atoms with Crippen LogP contribution in [0.1, 0.15) is 30.1 Å². The van der Waals surface area contributed by atoms with E-state index in [-0.39, 0.29) is 25.4 Å². The Morgan fingerprint density at radius 3 is 2.84 bits per heavy atom. The Morgan fingerprint density at radius 1 is 1.47 bits per heavy atom. The number of carbonyl (C=O) groups excluding carboxylic acids is 2. The van der Waals surface area contributed by atoms with E-state index in [9.17, 15) is 14.5 Å². The molecule has 19 heavy (non-hydrogen) atoms. The van der Waals surface area contributed by atoms with E-state index in [2.05, 4.69) is 15.0 Å². The molecule has 0 saturated heterocycles. The van der Waals surface area contributed by atoms with E-state index >= 15 is 0 Å². The van der Waals surface area contributed by atoms with E-state index in [1.807, 2.05) is 0 Å². The predicted octanol–water partition coefficient (Wildman–Crippen LogP) is 2.18. The third-order valence-corrected chi connectivity index (χ3v) is 2.33. The van der Waals surface area contributed by atoms with Crippen molar-refractivity contribution in [3.8, 4) is 0 Å². The fourth-order valence-electron chi connectivity index (χ4n) is 1.42. The van der Waals surface area contributed by atoms with E-state index < -0.39 is 6.09 Å². The van der Waals surface area contributed by atoms with Gasteiger partial charge in [0.25, 0.3) is 0 Å². The smallest absolute Gasteiger partial charge is 0.432 e. The minimum atomic E-state index is -0.800. The molecule has 102 valence electrons. The lowest BCUT2D eigenvalue weighted by Gasteiger charge is -2.12. The number of Topliss-reactive ketones (excluding diaryl/α,β-unsaturated/α-hetero) is 1. The van der Waals surface area contributed by atoms with Crippen molar-refractivity contribution in [3.05, 3.63) is 35.0 Å². The highest BCUT2D eigenvalue weighted by Gasteiger charge is 2.15. The average Bonchev–Trinajstić information content (AvgIpc) is 2.44. The second-order valence-corrected chi connectivity index (χ2v) is 3.67. The van der Waals surface area contributed by atoms with Crippen molar-refractivity contribution in [2.75, 3.05) is 13.2 Å². The Labute approximate surface area is 110 Å². The molecule has 1 rings (SSSR count). The van der Waals surface area contributed by atoms with E-state index in [4.69, 9.17) is 0 Å². The number of nitrogens with zero attached hydrogens (tertiary/aromatic N) is 3. The number of hydrogen-bond acceptors (Lipinski definition) is 6. The van der Waals surface area contributed by atoms with E-state index in [0.29, 0.717) is 17.0 Å². The summed E-state index contributed by atoms with van der Waals surface area (Å²) in [5.74, 6) is -0.0946. The van der Waals surface area contributed by atoms with E-state index in [1.54, 1.807) is 25.3 Å². The fraction of sp³-hybridized carbons (Fsp3) is 0.417. The maximum Gasteiger partial charge on any atom is 0.432 e. The Kier molecular flexibility index (Phi) is 6.14. The molecule has 1 heterocycles. The Hall–Kier alpha value is -2.31. The lowest BCUT2D eigenvalue weighted by atomic mass is 10.1. The molecule has 1 amide bonds. The van der Waals surface area contributed by atoms with Crippen molar-refractivity contribution in [3.63, 3.8) is 0 Å². The van der Waals surface area contributed by atoms with Crippen LogP contribution in [0.2, 0.25) is 0 Å². The summed E-state index contributed by atoms with van der Waals surface area (Å²) >= 11 is 0. The van der Waals surface area contributed by atoms with Crippen LogP contribution in [0.15, 0.2) is 29.8 Å². The normalized spacial score (nSPS) is 9.74. The monoisotopic (exact) mass is 265 g/mol. The molecule has 7 nitrogen and oxygen atoms in total. The van der Waals surface area contributed by atoms with Crippen LogP contribution in [0.25, 0.3) is 0 Å². The van der Waals surface area contributed by atoms with Gasteiger partial charge in [0.15, 0.2) is 5.78 Å². The number of aromatic nitrogens is 1. The largest absolute Gasteiger partial charge is 0.448 e. The number of nitroso groups, excluding NO2 is 1. The third-order valence-electron chi connectivity index (χ3n) is 2.33. The molecule has 0 unspecified atom stereocenters. The molecule has 0 fully saturated rings. The summed E-state index contributed by atoms with van der Waals surface area (Å²) < 4.78 is 4.64. The third kappa shape index (κ3) is 4.82. The molecule has 0 N–H and O–H groups in total. The molecule has 1 aromatic heterocycles. The average molecular weight is 265 g/mol. The van der Waals surface area contributed by atoms with Crippen molar-refractivity contribution in [2.45, 2.75) is 19.8 Å². The first-order valence-electron chi connectivity index (χ1n) is 5.89. The summed E-state index contributed by atoms with van der Waals surface area (Å²) in [5.41, 5.74) is 0.504. The van der Waals surface area contributed by atoms with Crippen molar-refractivity contribution in [1.29, 1.82) is 0 Å². The standard InChI is InChI=1S/C12H15N3O4/c1-2-19-12(17)15(14-18)8-4-6-11(16)10-5-3-7-13-9-10/h3,5,7,9H,2,4,6,8H2,1H3. The first-order valence-corrected chi connectivity index (χ1v) is 5.89. The Morgan fingerprint density at radius 2 is 2.26 bits per heavy atom. The Bertz CT molecular complexity index is 436. The van der Waals surface area contributed by atoms with Gasteiger partial charge >= 0.3 is 6.09 Å². The number of hydrogen-bond donors (Lipinski definition) is 0. The molecule has 0 spiro atoms. The van der Waals surface area contributed by atoms with Crippen LogP contribution in [0.4, 0.5) is 4.79 Å². The summed E-state index contributed by atoms with van der Waals surface area (Å²) in [6.07, 6.45) is 2.79. The molecule has 0 aliphatic carbocycles. The van der Waals surface area contributed by atoms with Gasteiger partial charge in [0, 0.05) is 24.4 Å². The molecule has 0 aliphatic rings. The number of ketones is 1. The van der Waals surface area contributed by atoms with Crippen LogP contribution in [0.3, 0.4) is 0 Å². The number of pyridine rings is 1. The summed E-state index contributed by atoms with van der Waals surface area (Å²) in [4.78, 5) is 37.3. The van der Waals surface area contributed by atoms with Crippen LogP contribution < -0.4 is 0 Å². The highest BCUT2D eigenvalue weighted by Crippen LogP contribution is 2.05. The van der Waals surface area contributed by atoms with Gasteiger partial charge in [0.05, 0.1) is 18.4 Å². The lowest BCUT2D eigenvalue weighted by Crippen LogP contribution is -2.27. The minimum absolute atomic E-state index is 0.0499. The number of amides is 1. The molecule has 0 aromatic carbocycles. The molecular weight excluding hydrogens is 250 g/mol. The molecule has 0 bridgehead atoms. The number of rotatable bonds is 7. The zero-order valence-corrected chi connectivity index (χ0v) is 10.6. The van der Waals surface area contributed by atoms with Crippen molar-refractivity contribution < 1.29 is 14.3 Å². The topological polar surface area (TPSA) is 88.9 Å². The van der Waals surface area contributed by atoms with Crippen molar-refractivity contribution >= 4 is 11.9 Å². The Balaban J connectivity index is 2.39. The number of carbonyl (C=O) groups is 2. The van der Waals surface area contributed by atoms with E-state index in [1.165, 1.54) is 6.20 Å². The molecule has 0 aliphatic heterocycles. The molecule has 0 atom stereocenters. The fourth-order valence-corrected chi connectivity index (χ4v) is 1.42. The van der Waals surface area contributed by atoms with Gasteiger partial charge < -0.3 is 4.74 Å². The van der Waals surface area contributed by atoms with Gasteiger partial charge in [0.1, 0.15) is 0 Å². The number of ether oxygens (including phenoxy) is 1. The van der Waals surface area contributed by atoms with Gasteiger partial charge in [-0.05, 0) is 25.5 Å². The molecule has 0 saturated carbocycles. The molecule has 0 radical (unpaired) electrons. The van der Waals surface area contributed by atoms with Gasteiger partial charge in [-0.1, -0.05) is 0 Å². The first kappa shape index (κ1) is 14.7. The van der Waals surface area contributed by atoms with Gasteiger partial charge in [-0.25, -0.2) is 4.79 Å². The summed E-state index contributed by atoms with van der Waals surface area (Å²) in [6.45, 7) is 1.85. The lowest BCUT2D eigenvalue weighted by molar-refractivity contribution is 0.0948. The molecular formula is C12H15N3O4. The van der Waals surface area contributed by atoms with Gasteiger partial charge in [-0.2, -0.15) is 5.01 Å². The van der Waals surface area contributed by atoms with Crippen LogP contribution >= 0.6 is 0 Å².